The number of benzene rings is 2. The first-order valence-electron chi connectivity index (χ1n) is 5.54. The second-order valence-electron chi connectivity index (χ2n) is 4.00. The lowest BCUT2D eigenvalue weighted by Gasteiger charge is -2.05. The largest absolute Gasteiger partial charge is 0.399 e. The molecule has 3 aromatic rings. The molecule has 0 aliphatic rings. The van der Waals surface area contributed by atoms with Crippen molar-refractivity contribution < 1.29 is 0 Å². The van der Waals surface area contributed by atoms with Gasteiger partial charge in [0.1, 0.15) is 0 Å². The first-order chi connectivity index (χ1) is 8.34. The number of nitrogen functional groups attached to an aromatic ring is 1. The standard InChI is InChI=1S/C15H12N2/c16-13-7-5-12(6-8-13)15-14-4-2-1-3-11(14)9-10-17-15/h1-10H,16H2. The number of pyridine rings is 1. The Balaban J connectivity index is 2.27. The molecule has 2 heteroatoms. The first kappa shape index (κ1) is 9.85. The fraction of sp³-hybridized carbons (Fsp3) is 0. The SMILES string of the molecule is Nc1ccc(-c2nccc3ccccc23)cc1. The van der Waals surface area contributed by atoms with Crippen LogP contribution in [0.1, 0.15) is 0 Å². The van der Waals surface area contributed by atoms with Crippen molar-refractivity contribution in [3.05, 3.63) is 60.8 Å². The molecule has 0 fully saturated rings. The molecule has 0 bridgehead atoms. The number of nitrogens with zero attached hydrogens (tertiary/aromatic N) is 1. The van der Waals surface area contributed by atoms with Gasteiger partial charge >= 0.3 is 0 Å². The Morgan fingerprint density at radius 1 is 0.824 bits per heavy atom. The van der Waals surface area contributed by atoms with Crippen LogP contribution in [-0.2, 0) is 0 Å². The Kier molecular flexibility index (Phi) is 2.26. The van der Waals surface area contributed by atoms with Gasteiger partial charge in [0.15, 0.2) is 0 Å². The van der Waals surface area contributed by atoms with Gasteiger partial charge in [-0.25, -0.2) is 0 Å². The molecule has 1 aromatic heterocycles. The summed E-state index contributed by atoms with van der Waals surface area (Å²) >= 11 is 0. The molecule has 2 N–H and O–H groups in total. The van der Waals surface area contributed by atoms with E-state index in [4.69, 9.17) is 5.73 Å². The first-order valence-corrected chi connectivity index (χ1v) is 5.54. The summed E-state index contributed by atoms with van der Waals surface area (Å²) in [5.74, 6) is 0. The van der Waals surface area contributed by atoms with Crippen molar-refractivity contribution >= 4 is 16.5 Å². The predicted molar refractivity (Wildman–Crippen MR) is 71.6 cm³/mol. The van der Waals surface area contributed by atoms with Crippen LogP contribution in [0.25, 0.3) is 22.0 Å². The van der Waals surface area contributed by atoms with Gasteiger partial charge in [-0.2, -0.15) is 0 Å². The summed E-state index contributed by atoms with van der Waals surface area (Å²) in [4.78, 5) is 4.47. The van der Waals surface area contributed by atoms with Gasteiger partial charge in [0.05, 0.1) is 5.69 Å². The second-order valence-corrected chi connectivity index (χ2v) is 4.00. The Bertz CT molecular complexity index is 652. The molecule has 2 nitrogen and oxygen atoms in total. The van der Waals surface area contributed by atoms with Gasteiger partial charge in [-0.15, -0.1) is 0 Å². The van der Waals surface area contributed by atoms with Crippen LogP contribution in [0.5, 0.6) is 0 Å². The van der Waals surface area contributed by atoms with E-state index >= 15 is 0 Å². The molecule has 82 valence electrons. The van der Waals surface area contributed by atoms with E-state index in [2.05, 4.69) is 17.1 Å². The molecule has 17 heavy (non-hydrogen) atoms. The highest BCUT2D eigenvalue weighted by Crippen LogP contribution is 2.26. The molecular formula is C15H12N2. The van der Waals surface area contributed by atoms with Gasteiger partial charge in [-0.05, 0) is 23.6 Å². The minimum atomic E-state index is 0.772. The lowest BCUT2D eigenvalue weighted by molar-refractivity contribution is 1.36. The van der Waals surface area contributed by atoms with Gasteiger partial charge in [-0.3, -0.25) is 4.98 Å². The molecular weight excluding hydrogens is 208 g/mol. The highest BCUT2D eigenvalue weighted by molar-refractivity contribution is 5.94. The van der Waals surface area contributed by atoms with E-state index < -0.39 is 0 Å². The molecule has 0 amide bonds. The van der Waals surface area contributed by atoms with Gasteiger partial charge in [0, 0.05) is 22.8 Å². The maximum atomic E-state index is 5.70. The number of rotatable bonds is 1. The molecule has 2 aromatic carbocycles. The van der Waals surface area contributed by atoms with Crippen molar-refractivity contribution in [2.45, 2.75) is 0 Å². The summed E-state index contributed by atoms with van der Waals surface area (Å²) in [6.45, 7) is 0. The van der Waals surface area contributed by atoms with Crippen LogP contribution < -0.4 is 5.73 Å². The Morgan fingerprint density at radius 3 is 2.41 bits per heavy atom. The minimum absolute atomic E-state index is 0.772. The van der Waals surface area contributed by atoms with Crippen molar-refractivity contribution in [3.8, 4) is 11.3 Å². The van der Waals surface area contributed by atoms with Crippen LogP contribution in [0.4, 0.5) is 5.69 Å². The average Bonchev–Trinajstić information content (AvgIpc) is 2.39. The van der Waals surface area contributed by atoms with Gasteiger partial charge < -0.3 is 5.73 Å². The maximum Gasteiger partial charge on any atom is 0.0780 e. The number of nitrogens with two attached hydrogens (primary N) is 1. The summed E-state index contributed by atoms with van der Waals surface area (Å²) in [5, 5.41) is 2.37. The van der Waals surface area contributed by atoms with Crippen LogP contribution in [-0.4, -0.2) is 4.98 Å². The summed E-state index contributed by atoms with van der Waals surface area (Å²) in [7, 11) is 0. The molecule has 0 saturated carbocycles. The van der Waals surface area contributed by atoms with Crippen molar-refractivity contribution in [3.63, 3.8) is 0 Å². The number of hydrogen-bond donors (Lipinski definition) is 1. The van der Waals surface area contributed by atoms with E-state index in [-0.39, 0.29) is 0 Å². The third kappa shape index (κ3) is 1.74. The Morgan fingerprint density at radius 2 is 1.59 bits per heavy atom. The number of aromatic nitrogens is 1. The third-order valence-corrected chi connectivity index (χ3v) is 2.86. The minimum Gasteiger partial charge on any atom is -0.399 e. The lowest BCUT2D eigenvalue weighted by Crippen LogP contribution is -1.87. The molecule has 0 saturated heterocycles. The van der Waals surface area contributed by atoms with E-state index in [1.54, 1.807) is 0 Å². The average molecular weight is 220 g/mol. The fourth-order valence-corrected chi connectivity index (χ4v) is 1.99. The van der Waals surface area contributed by atoms with Gasteiger partial charge in [-0.1, -0.05) is 36.4 Å². The highest BCUT2D eigenvalue weighted by Gasteiger charge is 2.03. The maximum absolute atomic E-state index is 5.70. The Hall–Kier alpha value is -2.35. The Labute approximate surface area is 99.7 Å². The molecule has 3 rings (SSSR count). The lowest BCUT2D eigenvalue weighted by atomic mass is 10.0. The fourth-order valence-electron chi connectivity index (χ4n) is 1.99. The zero-order chi connectivity index (χ0) is 11.7. The van der Waals surface area contributed by atoms with E-state index in [9.17, 15) is 0 Å². The molecule has 0 radical (unpaired) electrons. The third-order valence-electron chi connectivity index (χ3n) is 2.86. The van der Waals surface area contributed by atoms with E-state index in [1.807, 2.05) is 48.7 Å². The summed E-state index contributed by atoms with van der Waals surface area (Å²) in [6, 6.07) is 18.1. The normalized spacial score (nSPS) is 10.6. The molecule has 0 aliphatic carbocycles. The van der Waals surface area contributed by atoms with Gasteiger partial charge in [0.25, 0.3) is 0 Å². The zero-order valence-electron chi connectivity index (χ0n) is 9.30. The van der Waals surface area contributed by atoms with Crippen LogP contribution in [0.2, 0.25) is 0 Å². The second kappa shape index (κ2) is 3.91. The number of anilines is 1. The molecule has 0 unspecified atom stereocenters. The van der Waals surface area contributed by atoms with Crippen molar-refractivity contribution in [2.24, 2.45) is 0 Å². The zero-order valence-corrected chi connectivity index (χ0v) is 9.30. The number of fused-ring (bicyclic) bond motifs is 1. The van der Waals surface area contributed by atoms with Gasteiger partial charge in [0.2, 0.25) is 0 Å². The quantitative estimate of drug-likeness (QED) is 0.637. The smallest absolute Gasteiger partial charge is 0.0780 e. The summed E-state index contributed by atoms with van der Waals surface area (Å²) in [5.41, 5.74) is 8.57. The van der Waals surface area contributed by atoms with Crippen LogP contribution in [0.15, 0.2) is 60.8 Å². The topological polar surface area (TPSA) is 38.9 Å². The van der Waals surface area contributed by atoms with Crippen molar-refractivity contribution in [2.75, 3.05) is 5.73 Å². The van der Waals surface area contributed by atoms with Crippen LogP contribution >= 0.6 is 0 Å². The van der Waals surface area contributed by atoms with Crippen LogP contribution in [0.3, 0.4) is 0 Å². The predicted octanol–water partition coefficient (Wildman–Crippen LogP) is 3.48. The van der Waals surface area contributed by atoms with E-state index in [1.165, 1.54) is 10.8 Å². The summed E-state index contributed by atoms with van der Waals surface area (Å²) < 4.78 is 0. The molecule has 0 spiro atoms. The molecule has 0 aliphatic heterocycles. The van der Waals surface area contributed by atoms with E-state index in [0.29, 0.717) is 0 Å². The molecule has 1 heterocycles. The van der Waals surface area contributed by atoms with Crippen molar-refractivity contribution in [1.82, 2.24) is 4.98 Å². The summed E-state index contributed by atoms with van der Waals surface area (Å²) in [6.07, 6.45) is 1.84. The van der Waals surface area contributed by atoms with E-state index in [0.717, 1.165) is 16.9 Å². The van der Waals surface area contributed by atoms with Crippen molar-refractivity contribution in [1.29, 1.82) is 0 Å². The molecule has 0 atom stereocenters. The number of hydrogen-bond acceptors (Lipinski definition) is 2. The van der Waals surface area contributed by atoms with Crippen LogP contribution in [0, 0.1) is 0 Å². The highest BCUT2D eigenvalue weighted by atomic mass is 14.7. The monoisotopic (exact) mass is 220 g/mol.